The molecule has 0 aliphatic rings. The highest BCUT2D eigenvalue weighted by Gasteiger charge is 2.14. The van der Waals surface area contributed by atoms with E-state index in [1.54, 1.807) is 23.8 Å². The van der Waals surface area contributed by atoms with Crippen LogP contribution in [-0.4, -0.2) is 32.8 Å². The lowest BCUT2D eigenvalue weighted by Gasteiger charge is -2.11. The van der Waals surface area contributed by atoms with Crippen LogP contribution in [0.25, 0.3) is 15.5 Å². The van der Waals surface area contributed by atoms with Crippen LogP contribution in [0.1, 0.15) is 11.4 Å². The standard InChI is InChI=1S/C19H16ClN5O2S/c1-11-22-23-19-25(11)24-18(28-19)13-5-8-16(27-2)15(10-13)21-17(26)9-12-3-6-14(20)7-4-12/h3-8,10H,9H2,1-2H3,(H,21,26). The van der Waals surface area contributed by atoms with Crippen molar-refractivity contribution in [2.75, 3.05) is 12.4 Å². The van der Waals surface area contributed by atoms with Crippen LogP contribution in [0.2, 0.25) is 5.02 Å². The Balaban J connectivity index is 1.59. The Labute approximate surface area is 169 Å². The van der Waals surface area contributed by atoms with Crippen molar-refractivity contribution in [2.24, 2.45) is 0 Å². The van der Waals surface area contributed by atoms with Gasteiger partial charge in [0.05, 0.1) is 19.2 Å². The fourth-order valence-electron chi connectivity index (χ4n) is 2.75. The Morgan fingerprint density at radius 2 is 2.00 bits per heavy atom. The minimum Gasteiger partial charge on any atom is -0.495 e. The minimum atomic E-state index is -0.147. The van der Waals surface area contributed by atoms with Gasteiger partial charge in [-0.25, -0.2) is 0 Å². The second-order valence-corrected chi connectivity index (χ2v) is 7.51. The van der Waals surface area contributed by atoms with Crippen LogP contribution in [0.5, 0.6) is 5.75 Å². The summed E-state index contributed by atoms with van der Waals surface area (Å²) in [6.45, 7) is 1.85. The second kappa shape index (κ2) is 7.57. The predicted octanol–water partition coefficient (Wildman–Crippen LogP) is 4.00. The summed E-state index contributed by atoms with van der Waals surface area (Å²) >= 11 is 7.32. The van der Waals surface area contributed by atoms with Crippen LogP contribution in [0, 0.1) is 6.92 Å². The lowest BCUT2D eigenvalue weighted by molar-refractivity contribution is -0.115. The van der Waals surface area contributed by atoms with Gasteiger partial charge in [-0.05, 0) is 42.8 Å². The van der Waals surface area contributed by atoms with E-state index in [-0.39, 0.29) is 12.3 Å². The molecule has 0 bridgehead atoms. The third kappa shape index (κ3) is 3.69. The van der Waals surface area contributed by atoms with Crippen LogP contribution in [0.3, 0.4) is 0 Å². The Bertz CT molecular complexity index is 1150. The zero-order chi connectivity index (χ0) is 19.7. The van der Waals surface area contributed by atoms with Crippen molar-refractivity contribution < 1.29 is 9.53 Å². The monoisotopic (exact) mass is 413 g/mol. The summed E-state index contributed by atoms with van der Waals surface area (Å²) in [5, 5.41) is 17.0. The lowest BCUT2D eigenvalue weighted by atomic mass is 10.1. The first-order chi connectivity index (χ1) is 13.5. The first-order valence-corrected chi connectivity index (χ1v) is 9.64. The van der Waals surface area contributed by atoms with Gasteiger partial charge in [-0.1, -0.05) is 35.1 Å². The number of carbonyl (C=O) groups excluding carboxylic acids is 1. The van der Waals surface area contributed by atoms with Crippen molar-refractivity contribution in [3.05, 3.63) is 58.9 Å². The highest BCUT2D eigenvalue weighted by atomic mass is 35.5. The maximum absolute atomic E-state index is 12.5. The average molecular weight is 414 g/mol. The smallest absolute Gasteiger partial charge is 0.234 e. The molecule has 142 valence electrons. The number of hydrogen-bond donors (Lipinski definition) is 1. The van der Waals surface area contributed by atoms with E-state index in [1.807, 2.05) is 37.3 Å². The van der Waals surface area contributed by atoms with Gasteiger partial charge >= 0.3 is 0 Å². The molecule has 2 aromatic heterocycles. The van der Waals surface area contributed by atoms with Gasteiger partial charge in [0.15, 0.2) is 5.82 Å². The van der Waals surface area contributed by atoms with Crippen molar-refractivity contribution in [1.82, 2.24) is 19.8 Å². The predicted molar refractivity (Wildman–Crippen MR) is 109 cm³/mol. The molecule has 0 unspecified atom stereocenters. The van der Waals surface area contributed by atoms with Gasteiger partial charge in [-0.2, -0.15) is 9.61 Å². The summed E-state index contributed by atoms with van der Waals surface area (Å²) in [5.41, 5.74) is 2.32. The molecule has 0 aliphatic carbocycles. The highest BCUT2D eigenvalue weighted by molar-refractivity contribution is 7.19. The number of nitrogens with one attached hydrogen (secondary N) is 1. The molecule has 0 atom stereocenters. The Hall–Kier alpha value is -2.97. The number of aromatic nitrogens is 4. The molecule has 0 spiro atoms. The van der Waals surface area contributed by atoms with Gasteiger partial charge in [0, 0.05) is 10.6 Å². The first kappa shape index (κ1) is 18.4. The fraction of sp³-hybridized carbons (Fsp3) is 0.158. The summed E-state index contributed by atoms with van der Waals surface area (Å²) in [5.74, 6) is 1.15. The summed E-state index contributed by atoms with van der Waals surface area (Å²) < 4.78 is 7.09. The number of amides is 1. The molecule has 1 N–H and O–H groups in total. The maximum atomic E-state index is 12.5. The lowest BCUT2D eigenvalue weighted by Crippen LogP contribution is -2.15. The number of fused-ring (bicyclic) bond motifs is 1. The van der Waals surface area contributed by atoms with Crippen LogP contribution in [-0.2, 0) is 11.2 Å². The van der Waals surface area contributed by atoms with E-state index in [1.165, 1.54) is 11.3 Å². The molecule has 2 heterocycles. The molecule has 0 radical (unpaired) electrons. The molecule has 2 aromatic carbocycles. The molecule has 0 aliphatic heterocycles. The topological polar surface area (TPSA) is 81.4 Å². The minimum absolute atomic E-state index is 0.147. The van der Waals surface area contributed by atoms with Gasteiger partial charge in [0.25, 0.3) is 0 Å². The number of halogens is 1. The molecule has 4 rings (SSSR count). The average Bonchev–Trinajstić information content (AvgIpc) is 3.26. The van der Waals surface area contributed by atoms with Crippen molar-refractivity contribution in [1.29, 1.82) is 0 Å². The van der Waals surface area contributed by atoms with Crippen molar-refractivity contribution in [3.63, 3.8) is 0 Å². The molecule has 0 saturated heterocycles. The zero-order valence-corrected chi connectivity index (χ0v) is 16.7. The number of nitrogens with zero attached hydrogens (tertiary/aromatic N) is 4. The highest BCUT2D eigenvalue weighted by Crippen LogP contribution is 2.32. The van der Waals surface area contributed by atoms with Crippen molar-refractivity contribution in [3.8, 4) is 16.3 Å². The third-order valence-corrected chi connectivity index (χ3v) is 5.35. The summed E-state index contributed by atoms with van der Waals surface area (Å²) in [7, 11) is 1.57. The van der Waals surface area contributed by atoms with Crippen LogP contribution >= 0.6 is 22.9 Å². The van der Waals surface area contributed by atoms with Crippen LogP contribution in [0.15, 0.2) is 42.5 Å². The Morgan fingerprint density at radius 3 is 2.71 bits per heavy atom. The van der Waals surface area contributed by atoms with Gasteiger partial charge in [-0.3, -0.25) is 4.79 Å². The van der Waals surface area contributed by atoms with Crippen LogP contribution < -0.4 is 10.1 Å². The molecule has 1 amide bonds. The number of benzene rings is 2. The number of rotatable bonds is 5. The molecular formula is C19H16ClN5O2S. The summed E-state index contributed by atoms with van der Waals surface area (Å²) in [6.07, 6.45) is 0.237. The summed E-state index contributed by atoms with van der Waals surface area (Å²) in [4.78, 5) is 13.2. The van der Waals surface area contributed by atoms with Crippen LogP contribution in [0.4, 0.5) is 5.69 Å². The number of aryl methyl sites for hydroxylation is 1. The van der Waals surface area contributed by atoms with Gasteiger partial charge in [0.1, 0.15) is 10.8 Å². The van der Waals surface area contributed by atoms with E-state index in [9.17, 15) is 4.79 Å². The number of carbonyl (C=O) groups is 1. The second-order valence-electron chi connectivity index (χ2n) is 6.12. The number of ether oxygens (including phenoxy) is 1. The van der Waals surface area contributed by atoms with E-state index in [4.69, 9.17) is 16.3 Å². The Kier molecular flexibility index (Phi) is 4.97. The number of hydrogen-bond acceptors (Lipinski definition) is 6. The van der Waals surface area contributed by atoms with E-state index in [0.717, 1.165) is 26.9 Å². The van der Waals surface area contributed by atoms with Gasteiger partial charge in [-0.15, -0.1) is 10.2 Å². The first-order valence-electron chi connectivity index (χ1n) is 8.45. The van der Waals surface area contributed by atoms with E-state index in [0.29, 0.717) is 16.5 Å². The SMILES string of the molecule is COc1ccc(-c2nn3c(C)nnc3s2)cc1NC(=O)Cc1ccc(Cl)cc1. The molecule has 0 saturated carbocycles. The normalized spacial score (nSPS) is 11.0. The van der Waals surface area contributed by atoms with E-state index in [2.05, 4.69) is 20.6 Å². The fourth-order valence-corrected chi connectivity index (χ4v) is 3.76. The molecule has 7 nitrogen and oxygen atoms in total. The number of anilines is 1. The molecule has 28 heavy (non-hydrogen) atoms. The zero-order valence-electron chi connectivity index (χ0n) is 15.1. The largest absolute Gasteiger partial charge is 0.495 e. The Morgan fingerprint density at radius 1 is 1.21 bits per heavy atom. The number of methoxy groups -OCH3 is 1. The molecule has 4 aromatic rings. The van der Waals surface area contributed by atoms with Gasteiger partial charge < -0.3 is 10.1 Å². The molecule has 9 heteroatoms. The van der Waals surface area contributed by atoms with E-state index >= 15 is 0 Å². The van der Waals surface area contributed by atoms with Gasteiger partial charge in [0.2, 0.25) is 10.9 Å². The van der Waals surface area contributed by atoms with Crippen molar-refractivity contribution >= 4 is 39.5 Å². The third-order valence-electron chi connectivity index (χ3n) is 4.15. The van der Waals surface area contributed by atoms with Crippen molar-refractivity contribution in [2.45, 2.75) is 13.3 Å². The summed E-state index contributed by atoms with van der Waals surface area (Å²) in [6, 6.07) is 12.7. The van der Waals surface area contributed by atoms with E-state index < -0.39 is 0 Å². The maximum Gasteiger partial charge on any atom is 0.234 e. The molecule has 0 fully saturated rings. The quantitative estimate of drug-likeness (QED) is 0.534. The molecular weight excluding hydrogens is 398 g/mol.